The topological polar surface area (TPSA) is 79.5 Å². The summed E-state index contributed by atoms with van der Waals surface area (Å²) in [6.07, 6.45) is 0.321. The average Bonchev–Trinajstić information content (AvgIpc) is 2.79. The first-order valence-corrected chi connectivity index (χ1v) is 5.64. The normalized spacial score (nSPS) is 12.3. The van der Waals surface area contributed by atoms with E-state index in [2.05, 4.69) is 5.32 Å². The molecule has 2 N–H and O–H groups in total. The number of carboxylic acid groups (broad SMARTS) is 1. The molecular formula is C13H13NO4. The molecule has 2 rings (SSSR count). The van der Waals surface area contributed by atoms with Gasteiger partial charge in [0, 0.05) is 5.39 Å². The van der Waals surface area contributed by atoms with Crippen LogP contribution in [0.15, 0.2) is 34.7 Å². The summed E-state index contributed by atoms with van der Waals surface area (Å²) < 4.78 is 5.35. The van der Waals surface area contributed by atoms with Crippen molar-refractivity contribution in [3.05, 3.63) is 36.1 Å². The van der Waals surface area contributed by atoms with Crippen LogP contribution in [0.5, 0.6) is 0 Å². The molecule has 0 unspecified atom stereocenters. The minimum Gasteiger partial charge on any atom is -0.480 e. The van der Waals surface area contributed by atoms with E-state index >= 15 is 0 Å². The highest BCUT2D eigenvalue weighted by Crippen LogP contribution is 2.18. The Bertz CT molecular complexity index is 554. The molecule has 0 saturated heterocycles. The number of amides is 1. The van der Waals surface area contributed by atoms with Crippen LogP contribution in [0.4, 0.5) is 0 Å². The van der Waals surface area contributed by atoms with Crippen molar-refractivity contribution in [2.24, 2.45) is 0 Å². The molecule has 0 aliphatic heterocycles. The monoisotopic (exact) mass is 247 g/mol. The van der Waals surface area contributed by atoms with E-state index in [1.807, 2.05) is 12.1 Å². The van der Waals surface area contributed by atoms with Crippen LogP contribution in [0.1, 0.15) is 23.9 Å². The molecule has 0 aliphatic rings. The Hall–Kier alpha value is -2.30. The molecular weight excluding hydrogens is 234 g/mol. The van der Waals surface area contributed by atoms with Gasteiger partial charge in [0.25, 0.3) is 5.91 Å². The molecule has 1 amide bonds. The molecule has 5 nitrogen and oxygen atoms in total. The predicted octanol–water partition coefficient (Wildman–Crippen LogP) is 2.03. The molecule has 1 aromatic heterocycles. The summed E-state index contributed by atoms with van der Waals surface area (Å²) >= 11 is 0. The molecule has 1 aromatic carbocycles. The van der Waals surface area contributed by atoms with E-state index < -0.39 is 17.9 Å². The molecule has 18 heavy (non-hydrogen) atoms. The van der Waals surface area contributed by atoms with E-state index in [9.17, 15) is 9.59 Å². The fourth-order valence-corrected chi connectivity index (χ4v) is 1.66. The maximum absolute atomic E-state index is 11.8. The van der Waals surface area contributed by atoms with Gasteiger partial charge >= 0.3 is 5.97 Å². The standard InChI is InChI=1S/C13H13NO4/c1-2-9(13(16)17)14-12(15)11-7-8-5-3-4-6-10(8)18-11/h3-7,9H,2H2,1H3,(H,14,15)(H,16,17)/t9-/m1/s1. The fraction of sp³-hybridized carbons (Fsp3) is 0.231. The second-order valence-corrected chi connectivity index (χ2v) is 3.92. The number of carbonyl (C=O) groups is 2. The second kappa shape index (κ2) is 4.91. The number of benzene rings is 1. The maximum atomic E-state index is 11.8. The number of aliphatic carboxylic acids is 1. The van der Waals surface area contributed by atoms with Gasteiger partial charge in [-0.3, -0.25) is 4.79 Å². The number of carboxylic acids is 1. The lowest BCUT2D eigenvalue weighted by molar-refractivity contribution is -0.139. The Labute approximate surface area is 103 Å². The van der Waals surface area contributed by atoms with Crippen LogP contribution in [0.2, 0.25) is 0 Å². The molecule has 0 aliphatic carbocycles. The van der Waals surface area contributed by atoms with Crippen LogP contribution in [-0.2, 0) is 4.79 Å². The van der Waals surface area contributed by atoms with Crippen molar-refractivity contribution in [2.75, 3.05) is 0 Å². The number of para-hydroxylation sites is 1. The van der Waals surface area contributed by atoms with Crippen molar-refractivity contribution in [3.63, 3.8) is 0 Å². The van der Waals surface area contributed by atoms with Crippen LogP contribution < -0.4 is 5.32 Å². The Morgan fingerprint density at radius 3 is 2.72 bits per heavy atom. The van der Waals surface area contributed by atoms with E-state index in [0.29, 0.717) is 12.0 Å². The molecule has 1 heterocycles. The first-order chi connectivity index (χ1) is 8.61. The average molecular weight is 247 g/mol. The highest BCUT2D eigenvalue weighted by molar-refractivity contribution is 5.97. The smallest absolute Gasteiger partial charge is 0.326 e. The second-order valence-electron chi connectivity index (χ2n) is 3.92. The summed E-state index contributed by atoms with van der Waals surface area (Å²) in [6.45, 7) is 1.69. The molecule has 0 saturated carbocycles. The van der Waals surface area contributed by atoms with E-state index in [1.54, 1.807) is 25.1 Å². The van der Waals surface area contributed by atoms with Gasteiger partial charge in [-0.25, -0.2) is 4.79 Å². The third-order valence-electron chi connectivity index (χ3n) is 2.66. The van der Waals surface area contributed by atoms with Gasteiger partial charge in [-0.2, -0.15) is 0 Å². The predicted molar refractivity (Wildman–Crippen MR) is 65.4 cm³/mol. The number of fused-ring (bicyclic) bond motifs is 1. The Balaban J connectivity index is 2.20. The molecule has 2 aromatic rings. The molecule has 0 radical (unpaired) electrons. The molecule has 0 bridgehead atoms. The summed E-state index contributed by atoms with van der Waals surface area (Å²) in [5, 5.41) is 12.1. The first kappa shape index (κ1) is 12.2. The molecule has 0 fully saturated rings. The van der Waals surface area contributed by atoms with E-state index in [4.69, 9.17) is 9.52 Å². The minimum atomic E-state index is -1.05. The number of carbonyl (C=O) groups excluding carboxylic acids is 1. The Kier molecular flexibility index (Phi) is 3.32. The van der Waals surface area contributed by atoms with Crippen LogP contribution in [-0.4, -0.2) is 23.0 Å². The largest absolute Gasteiger partial charge is 0.480 e. The van der Waals surface area contributed by atoms with Gasteiger partial charge in [-0.1, -0.05) is 25.1 Å². The van der Waals surface area contributed by atoms with Gasteiger partial charge in [0.2, 0.25) is 0 Å². The lowest BCUT2D eigenvalue weighted by atomic mass is 10.2. The fourth-order valence-electron chi connectivity index (χ4n) is 1.66. The van der Waals surface area contributed by atoms with Crippen molar-refractivity contribution in [3.8, 4) is 0 Å². The lowest BCUT2D eigenvalue weighted by Gasteiger charge is -2.10. The van der Waals surface area contributed by atoms with Crippen molar-refractivity contribution < 1.29 is 19.1 Å². The number of hydrogen-bond donors (Lipinski definition) is 2. The molecule has 5 heteroatoms. The van der Waals surface area contributed by atoms with Crippen LogP contribution in [0.25, 0.3) is 11.0 Å². The zero-order valence-corrected chi connectivity index (χ0v) is 9.84. The summed E-state index contributed by atoms with van der Waals surface area (Å²) in [6, 6.07) is 7.92. The van der Waals surface area contributed by atoms with Gasteiger partial charge in [0.05, 0.1) is 0 Å². The highest BCUT2D eigenvalue weighted by Gasteiger charge is 2.20. The number of furan rings is 1. The van der Waals surface area contributed by atoms with Crippen molar-refractivity contribution in [1.82, 2.24) is 5.32 Å². The van der Waals surface area contributed by atoms with Crippen molar-refractivity contribution in [2.45, 2.75) is 19.4 Å². The quantitative estimate of drug-likeness (QED) is 0.866. The Morgan fingerprint density at radius 2 is 2.11 bits per heavy atom. The van der Waals surface area contributed by atoms with Crippen LogP contribution in [0, 0.1) is 0 Å². The lowest BCUT2D eigenvalue weighted by Crippen LogP contribution is -2.40. The van der Waals surface area contributed by atoms with Crippen molar-refractivity contribution >= 4 is 22.8 Å². The SMILES string of the molecule is CC[C@@H](NC(=O)c1cc2ccccc2o1)C(=O)O. The van der Waals surface area contributed by atoms with Gasteiger partial charge in [-0.05, 0) is 18.6 Å². The van der Waals surface area contributed by atoms with Gasteiger partial charge in [0.1, 0.15) is 11.6 Å². The number of rotatable bonds is 4. The molecule has 1 atom stereocenters. The zero-order chi connectivity index (χ0) is 13.1. The molecule has 94 valence electrons. The minimum absolute atomic E-state index is 0.121. The van der Waals surface area contributed by atoms with Gasteiger partial charge in [0.15, 0.2) is 5.76 Å². The number of hydrogen-bond acceptors (Lipinski definition) is 3. The summed E-state index contributed by atoms with van der Waals surface area (Å²) in [4.78, 5) is 22.6. The first-order valence-electron chi connectivity index (χ1n) is 5.64. The number of nitrogens with one attached hydrogen (secondary N) is 1. The van der Waals surface area contributed by atoms with Gasteiger partial charge in [-0.15, -0.1) is 0 Å². The third kappa shape index (κ3) is 2.34. The van der Waals surface area contributed by atoms with E-state index in [-0.39, 0.29) is 5.76 Å². The maximum Gasteiger partial charge on any atom is 0.326 e. The third-order valence-corrected chi connectivity index (χ3v) is 2.66. The highest BCUT2D eigenvalue weighted by atomic mass is 16.4. The van der Waals surface area contributed by atoms with Crippen LogP contribution in [0.3, 0.4) is 0 Å². The van der Waals surface area contributed by atoms with Crippen molar-refractivity contribution in [1.29, 1.82) is 0 Å². The summed E-state index contributed by atoms with van der Waals surface area (Å²) in [7, 11) is 0. The van der Waals surface area contributed by atoms with E-state index in [1.165, 1.54) is 0 Å². The van der Waals surface area contributed by atoms with Gasteiger partial charge < -0.3 is 14.8 Å². The Morgan fingerprint density at radius 1 is 1.39 bits per heavy atom. The molecule has 0 spiro atoms. The van der Waals surface area contributed by atoms with Crippen LogP contribution >= 0.6 is 0 Å². The zero-order valence-electron chi connectivity index (χ0n) is 9.84. The van der Waals surface area contributed by atoms with E-state index in [0.717, 1.165) is 5.39 Å². The summed E-state index contributed by atoms with van der Waals surface area (Å²) in [5.74, 6) is -1.45. The summed E-state index contributed by atoms with van der Waals surface area (Å²) in [5.41, 5.74) is 0.603.